The van der Waals surface area contributed by atoms with Crippen LogP contribution in [-0.2, 0) is 10.1 Å². The summed E-state index contributed by atoms with van der Waals surface area (Å²) in [5, 5.41) is 0.695. The van der Waals surface area contributed by atoms with E-state index in [0.29, 0.717) is 11.0 Å². The second-order valence-corrected chi connectivity index (χ2v) is 4.47. The molecule has 1 N–H and O–H groups in total. The van der Waals surface area contributed by atoms with Crippen LogP contribution in [0.3, 0.4) is 0 Å². The molecule has 5 heteroatoms. The maximum atomic E-state index is 10.8. The largest absolute Gasteiger partial charge is 0.464 e. The molecule has 0 saturated heterocycles. The van der Waals surface area contributed by atoms with Crippen molar-refractivity contribution in [2.45, 2.75) is 11.8 Å². The Morgan fingerprint density at radius 3 is 2.71 bits per heavy atom. The van der Waals surface area contributed by atoms with Crippen LogP contribution in [0.25, 0.3) is 11.0 Å². The maximum absolute atomic E-state index is 10.8. The third-order valence-electron chi connectivity index (χ3n) is 2.04. The normalized spacial score (nSPS) is 12.1. The van der Waals surface area contributed by atoms with Crippen LogP contribution in [0, 0.1) is 6.92 Å². The van der Waals surface area contributed by atoms with Crippen molar-refractivity contribution in [3.8, 4) is 0 Å². The van der Waals surface area contributed by atoms with Crippen molar-refractivity contribution in [3.05, 3.63) is 30.0 Å². The Balaban J connectivity index is 2.79. The average Bonchev–Trinajstić information content (AvgIpc) is 2.46. The molecule has 0 unspecified atom stereocenters. The van der Waals surface area contributed by atoms with Gasteiger partial charge in [-0.25, -0.2) is 0 Å². The first-order chi connectivity index (χ1) is 6.48. The van der Waals surface area contributed by atoms with Gasteiger partial charge in [-0.1, -0.05) is 0 Å². The number of furan rings is 1. The lowest BCUT2D eigenvalue weighted by molar-refractivity contribution is 0.483. The van der Waals surface area contributed by atoms with Gasteiger partial charge >= 0.3 is 0 Å². The first-order valence-corrected chi connectivity index (χ1v) is 5.38. The molecule has 4 nitrogen and oxygen atoms in total. The van der Waals surface area contributed by atoms with E-state index in [1.807, 2.05) is 0 Å². The van der Waals surface area contributed by atoms with Crippen molar-refractivity contribution < 1.29 is 17.4 Å². The molecule has 1 heterocycles. The molecule has 0 saturated carbocycles. The molecule has 0 aliphatic heterocycles. The van der Waals surface area contributed by atoms with Gasteiger partial charge in [-0.3, -0.25) is 4.55 Å². The van der Waals surface area contributed by atoms with Crippen LogP contribution in [0.4, 0.5) is 0 Å². The van der Waals surface area contributed by atoms with Gasteiger partial charge < -0.3 is 4.42 Å². The van der Waals surface area contributed by atoms with Gasteiger partial charge in [-0.05, 0) is 30.7 Å². The van der Waals surface area contributed by atoms with Crippen molar-refractivity contribution in [1.82, 2.24) is 0 Å². The van der Waals surface area contributed by atoms with Crippen LogP contribution in [0.2, 0.25) is 0 Å². The van der Waals surface area contributed by atoms with Crippen LogP contribution in [0.15, 0.2) is 33.8 Å². The van der Waals surface area contributed by atoms with Crippen LogP contribution in [0.5, 0.6) is 0 Å². The van der Waals surface area contributed by atoms with E-state index >= 15 is 0 Å². The standard InChI is InChI=1S/C9H8O4S/c1-6-5-13-9-3-2-7(4-8(6)9)14(10,11)12/h2-5H,1H3,(H,10,11,12). The highest BCUT2D eigenvalue weighted by molar-refractivity contribution is 7.85. The van der Waals surface area contributed by atoms with Gasteiger partial charge in [-0.15, -0.1) is 0 Å². The molecule has 0 aliphatic carbocycles. The Bertz CT molecular complexity index is 580. The molecule has 14 heavy (non-hydrogen) atoms. The van der Waals surface area contributed by atoms with E-state index in [9.17, 15) is 8.42 Å². The highest BCUT2D eigenvalue weighted by Crippen LogP contribution is 2.23. The van der Waals surface area contributed by atoms with Crippen LogP contribution in [-0.4, -0.2) is 13.0 Å². The second kappa shape index (κ2) is 2.83. The fourth-order valence-electron chi connectivity index (χ4n) is 1.30. The minimum atomic E-state index is -4.13. The molecule has 0 spiro atoms. The van der Waals surface area contributed by atoms with Gasteiger partial charge in [0.05, 0.1) is 11.2 Å². The van der Waals surface area contributed by atoms with E-state index in [-0.39, 0.29) is 4.90 Å². The number of hydrogen-bond donors (Lipinski definition) is 1. The number of fused-ring (bicyclic) bond motifs is 1. The number of rotatable bonds is 1. The van der Waals surface area contributed by atoms with Crippen molar-refractivity contribution in [2.24, 2.45) is 0 Å². The highest BCUT2D eigenvalue weighted by Gasteiger charge is 2.11. The predicted molar refractivity (Wildman–Crippen MR) is 50.8 cm³/mol. The zero-order chi connectivity index (χ0) is 10.3. The van der Waals surface area contributed by atoms with E-state index in [0.717, 1.165) is 5.56 Å². The zero-order valence-corrected chi connectivity index (χ0v) is 8.21. The lowest BCUT2D eigenvalue weighted by Crippen LogP contribution is -1.97. The Hall–Kier alpha value is -1.33. The predicted octanol–water partition coefficient (Wildman–Crippen LogP) is 1.99. The summed E-state index contributed by atoms with van der Waals surface area (Å²) in [6.07, 6.45) is 1.54. The summed E-state index contributed by atoms with van der Waals surface area (Å²) in [5.41, 5.74) is 1.44. The van der Waals surface area contributed by atoms with Crippen molar-refractivity contribution in [2.75, 3.05) is 0 Å². The summed E-state index contributed by atoms with van der Waals surface area (Å²) in [5.74, 6) is 0. The van der Waals surface area contributed by atoms with Crippen molar-refractivity contribution >= 4 is 21.1 Å². The summed E-state index contributed by atoms with van der Waals surface area (Å²) in [6.45, 7) is 1.81. The molecule has 0 radical (unpaired) electrons. The number of hydrogen-bond acceptors (Lipinski definition) is 3. The molecule has 1 aromatic carbocycles. The molecular weight excluding hydrogens is 204 g/mol. The average molecular weight is 212 g/mol. The second-order valence-electron chi connectivity index (χ2n) is 3.05. The van der Waals surface area contributed by atoms with Gasteiger partial charge in [0.1, 0.15) is 5.58 Å². The smallest absolute Gasteiger partial charge is 0.294 e. The molecule has 0 amide bonds. The van der Waals surface area contributed by atoms with Gasteiger partial charge in [0.2, 0.25) is 0 Å². The van der Waals surface area contributed by atoms with E-state index in [1.54, 1.807) is 13.2 Å². The lowest BCUT2D eigenvalue weighted by atomic mass is 10.2. The number of aryl methyl sites for hydroxylation is 1. The van der Waals surface area contributed by atoms with E-state index in [1.165, 1.54) is 18.2 Å². The SMILES string of the molecule is Cc1coc2ccc(S(=O)(=O)O)cc12. The quantitative estimate of drug-likeness (QED) is 0.734. The Morgan fingerprint density at radius 2 is 2.07 bits per heavy atom. The van der Waals surface area contributed by atoms with E-state index < -0.39 is 10.1 Å². The van der Waals surface area contributed by atoms with Crippen LogP contribution < -0.4 is 0 Å². The molecule has 0 bridgehead atoms. The molecule has 1 aromatic heterocycles. The first-order valence-electron chi connectivity index (χ1n) is 3.94. The van der Waals surface area contributed by atoms with Crippen LogP contribution in [0.1, 0.15) is 5.56 Å². The third kappa shape index (κ3) is 1.40. The molecule has 2 rings (SSSR count). The Labute approximate surface area is 80.9 Å². The lowest BCUT2D eigenvalue weighted by Gasteiger charge is -1.96. The molecule has 74 valence electrons. The van der Waals surface area contributed by atoms with Gasteiger partial charge in [-0.2, -0.15) is 8.42 Å². The minimum absolute atomic E-state index is 0.116. The molecule has 2 aromatic rings. The monoisotopic (exact) mass is 212 g/mol. The molecule has 0 fully saturated rings. The van der Waals surface area contributed by atoms with Crippen LogP contribution >= 0.6 is 0 Å². The third-order valence-corrected chi connectivity index (χ3v) is 2.89. The molecule has 0 aliphatic rings. The summed E-state index contributed by atoms with van der Waals surface area (Å²) in [7, 11) is -4.13. The van der Waals surface area contributed by atoms with E-state index in [4.69, 9.17) is 8.97 Å². The Kier molecular flexibility index (Phi) is 1.87. The van der Waals surface area contributed by atoms with Crippen molar-refractivity contribution in [1.29, 1.82) is 0 Å². The maximum Gasteiger partial charge on any atom is 0.294 e. The first kappa shape index (κ1) is 9.23. The topological polar surface area (TPSA) is 67.5 Å². The number of benzene rings is 1. The van der Waals surface area contributed by atoms with E-state index in [2.05, 4.69) is 0 Å². The minimum Gasteiger partial charge on any atom is -0.464 e. The fraction of sp³-hybridized carbons (Fsp3) is 0.111. The summed E-state index contributed by atoms with van der Waals surface area (Å²) >= 11 is 0. The molecule has 0 atom stereocenters. The summed E-state index contributed by atoms with van der Waals surface area (Å²) in [4.78, 5) is -0.116. The van der Waals surface area contributed by atoms with Gasteiger partial charge in [0.15, 0.2) is 0 Å². The fourth-order valence-corrected chi connectivity index (χ4v) is 1.80. The van der Waals surface area contributed by atoms with Crippen molar-refractivity contribution in [3.63, 3.8) is 0 Å². The Morgan fingerprint density at radius 1 is 1.36 bits per heavy atom. The summed E-state index contributed by atoms with van der Waals surface area (Å²) < 4.78 is 35.6. The van der Waals surface area contributed by atoms with Gasteiger partial charge in [0, 0.05) is 5.39 Å². The van der Waals surface area contributed by atoms with Gasteiger partial charge in [0.25, 0.3) is 10.1 Å². The zero-order valence-electron chi connectivity index (χ0n) is 7.39. The molecular formula is C9H8O4S. The highest BCUT2D eigenvalue weighted by atomic mass is 32.2. The summed E-state index contributed by atoms with van der Waals surface area (Å²) in [6, 6.07) is 4.22.